The second kappa shape index (κ2) is 31.6. The Morgan fingerprint density at radius 2 is 0.582 bits per heavy atom. The van der Waals surface area contributed by atoms with Gasteiger partial charge in [0.05, 0.1) is 33.1 Å². The Bertz CT molecular complexity index is 8700. The predicted molar refractivity (Wildman–Crippen MR) is 550 cm³/mol. The molecule has 624 valence electrons. The number of para-hydroxylation sites is 5. The lowest BCUT2D eigenvalue weighted by atomic mass is 9.66. The van der Waals surface area contributed by atoms with E-state index >= 15 is 0 Å². The summed E-state index contributed by atoms with van der Waals surface area (Å²) < 4.78 is 8.79. The van der Waals surface area contributed by atoms with Gasteiger partial charge in [-0.2, -0.15) is 0 Å². The molecule has 0 radical (unpaired) electrons. The summed E-state index contributed by atoms with van der Waals surface area (Å²) >= 11 is 0. The molecule has 0 saturated carbocycles. The van der Waals surface area contributed by atoms with Crippen molar-refractivity contribution in [3.05, 3.63) is 530 Å². The Labute approximate surface area is 775 Å². The van der Waals surface area contributed by atoms with Crippen molar-refractivity contribution >= 4 is 65.0 Å². The van der Waals surface area contributed by atoms with Crippen LogP contribution >= 0.6 is 0 Å². The maximum atomic E-state index is 6.53. The zero-order valence-corrected chi connectivity index (χ0v) is 72.8. The fourth-order valence-corrected chi connectivity index (χ4v) is 22.0. The highest BCUT2D eigenvalue weighted by Gasteiger charge is 2.53. The largest absolute Gasteiger partial charge is 0.457 e. The Morgan fingerprint density at radius 3 is 1.16 bits per heavy atom. The number of nitrogens with zero attached hydrogens (tertiary/aromatic N) is 6. The molecule has 0 fully saturated rings. The Hall–Kier alpha value is -17.7. The first-order chi connectivity index (χ1) is 66.4. The van der Waals surface area contributed by atoms with Crippen LogP contribution in [0.2, 0.25) is 0 Å². The third-order valence-corrected chi connectivity index (χ3v) is 27.8. The monoisotopic (exact) mass is 1700 g/mol. The first-order valence-electron chi connectivity index (χ1n) is 45.8. The molecule has 7 heteroatoms. The van der Waals surface area contributed by atoms with Crippen LogP contribution in [0.1, 0.15) is 44.5 Å². The van der Waals surface area contributed by atoms with Crippen LogP contribution in [0.3, 0.4) is 0 Å². The second-order valence-corrected chi connectivity index (χ2v) is 35.1. The van der Waals surface area contributed by atoms with Gasteiger partial charge in [-0.1, -0.05) is 400 Å². The zero-order valence-electron chi connectivity index (χ0n) is 72.8. The molecule has 7 nitrogen and oxygen atoms in total. The SMILES string of the molecule is c1ccc(-c2nc(-c3ccccc3)nc(-c3ccc4c(c3)C3(c5ccccc5-c5ccccc53)c3ccccc3-4)n2)cc1.c1ccc(-n2c(-c3ccc(-c4ccc5c(-c6ccc7ccccc7c6)c6ccccc6c(-c6ccc7ccccc7c6)c5c4)cc3)nc3ccccc32)cc1.c1ccc2c(c1)Oc1ccc(-c3ccc4ccccc4n3)cc1C21c2ccccc2-c2ccccc21. The summed E-state index contributed by atoms with van der Waals surface area (Å²) in [7, 11) is 0. The van der Waals surface area contributed by atoms with Gasteiger partial charge in [0, 0.05) is 50.0 Å². The number of pyridine rings is 1. The van der Waals surface area contributed by atoms with Crippen LogP contribution in [0.5, 0.6) is 11.5 Å². The molecule has 0 atom stereocenters. The summed E-state index contributed by atoms with van der Waals surface area (Å²) in [4.78, 5) is 25.1. The molecule has 3 aliphatic carbocycles. The molecule has 24 aromatic rings. The van der Waals surface area contributed by atoms with Gasteiger partial charge in [-0.05, 0) is 228 Å². The van der Waals surface area contributed by atoms with Gasteiger partial charge in [0.25, 0.3) is 0 Å². The number of rotatable bonds is 9. The number of imidazole rings is 1. The van der Waals surface area contributed by atoms with Crippen LogP contribution in [0.4, 0.5) is 0 Å². The van der Waals surface area contributed by atoms with Crippen molar-refractivity contribution in [2.75, 3.05) is 0 Å². The lowest BCUT2D eigenvalue weighted by Gasteiger charge is -2.39. The minimum absolute atomic E-state index is 0.410. The number of hydrogen-bond acceptors (Lipinski definition) is 6. The maximum Gasteiger partial charge on any atom is 0.164 e. The number of benzene rings is 21. The highest BCUT2D eigenvalue weighted by Crippen LogP contribution is 2.65. The third-order valence-electron chi connectivity index (χ3n) is 27.8. The van der Waals surface area contributed by atoms with Crippen molar-refractivity contribution in [2.45, 2.75) is 10.8 Å². The van der Waals surface area contributed by atoms with E-state index in [1.807, 2.05) is 42.5 Å². The smallest absolute Gasteiger partial charge is 0.164 e. The first-order valence-corrected chi connectivity index (χ1v) is 45.8. The molecule has 21 aromatic carbocycles. The Balaban J connectivity index is 0.000000107. The highest BCUT2D eigenvalue weighted by molar-refractivity contribution is 6.23. The molecule has 0 amide bonds. The van der Waals surface area contributed by atoms with Gasteiger partial charge in [-0.25, -0.2) is 24.9 Å². The standard InChI is InChI=1S/C53H34N2.C40H25N3.C34H21NO/c1-2-16-44(17-3-1)55-50-21-11-10-20-49(50)54-53(55)38-26-22-37(23-27-38)41-30-31-47-48(34-41)52(43-29-25-36-13-5-7-15-40(36)33-43)46-19-9-8-18-45(46)51(47)42-28-24-35-12-4-6-14-39(35)32-42;1-3-13-26(14-4-1)37-41-38(27-15-5-2-6-16-27)43-39(42-37)28-23-24-32-31-19-9-12-22-35(31)40(36(32)25-28)33-20-10-7-17-29(33)30-18-8-11-21-34(30)40;1-7-15-30-22(9-1)17-19-31(35-30)23-18-20-33-29(21-23)34(28-14-6-8-16-32(28)36-33)26-12-4-2-10-24(26)25-11-3-5-13-27(25)34/h1-34H;1-25H;1-21H. The lowest BCUT2D eigenvalue weighted by molar-refractivity contribution is 0.436. The van der Waals surface area contributed by atoms with Crippen LogP contribution in [-0.4, -0.2) is 29.5 Å². The van der Waals surface area contributed by atoms with E-state index in [0.717, 1.165) is 89.6 Å². The van der Waals surface area contributed by atoms with Crippen LogP contribution in [0, 0.1) is 0 Å². The van der Waals surface area contributed by atoms with Crippen LogP contribution in [-0.2, 0) is 10.8 Å². The second-order valence-electron chi connectivity index (χ2n) is 35.1. The molecule has 0 bridgehead atoms. The van der Waals surface area contributed by atoms with Crippen LogP contribution < -0.4 is 4.74 Å². The summed E-state index contributed by atoms with van der Waals surface area (Å²) in [6.45, 7) is 0. The molecule has 0 unspecified atom stereocenters. The van der Waals surface area contributed by atoms with Gasteiger partial charge in [0.2, 0.25) is 0 Å². The molecule has 28 rings (SSSR count). The van der Waals surface area contributed by atoms with Gasteiger partial charge in [-0.15, -0.1) is 0 Å². The molecule has 134 heavy (non-hydrogen) atoms. The normalized spacial score (nSPS) is 12.8. The van der Waals surface area contributed by atoms with Crippen molar-refractivity contribution in [2.24, 2.45) is 0 Å². The van der Waals surface area contributed by atoms with E-state index in [-0.39, 0.29) is 0 Å². The third kappa shape index (κ3) is 12.5. The van der Waals surface area contributed by atoms with E-state index in [1.165, 1.54) is 143 Å². The molecule has 2 spiro atoms. The minimum atomic E-state index is -0.454. The van der Waals surface area contributed by atoms with E-state index in [2.05, 4.69) is 447 Å². The van der Waals surface area contributed by atoms with E-state index in [4.69, 9.17) is 29.7 Å². The molecular formula is C127H80N6O. The van der Waals surface area contributed by atoms with Crippen LogP contribution in [0.25, 0.3) is 194 Å². The predicted octanol–water partition coefficient (Wildman–Crippen LogP) is 31.9. The number of ether oxygens (including phenoxy) is 1. The van der Waals surface area contributed by atoms with Gasteiger partial charge in [-0.3, -0.25) is 4.57 Å². The summed E-state index contributed by atoms with van der Waals surface area (Å²) in [5.41, 5.74) is 34.5. The molecule has 0 N–H and O–H groups in total. The summed E-state index contributed by atoms with van der Waals surface area (Å²) in [6.07, 6.45) is 0. The Kier molecular flexibility index (Phi) is 18.3. The highest BCUT2D eigenvalue weighted by atomic mass is 16.5. The molecule has 4 heterocycles. The van der Waals surface area contributed by atoms with Crippen molar-refractivity contribution < 1.29 is 4.74 Å². The number of hydrogen-bond donors (Lipinski definition) is 0. The van der Waals surface area contributed by atoms with Crippen molar-refractivity contribution in [3.8, 4) is 141 Å². The molecule has 4 aliphatic rings. The average Bonchev–Trinajstić information content (AvgIpc) is 1.51. The maximum absolute atomic E-state index is 6.53. The van der Waals surface area contributed by atoms with Gasteiger partial charge < -0.3 is 4.74 Å². The fourth-order valence-electron chi connectivity index (χ4n) is 22.0. The lowest BCUT2D eigenvalue weighted by Crippen LogP contribution is -2.32. The van der Waals surface area contributed by atoms with Crippen molar-refractivity contribution in [1.29, 1.82) is 0 Å². The molecular weight excluding hydrogens is 1630 g/mol. The average molecular weight is 1710 g/mol. The molecule has 1 aliphatic heterocycles. The van der Waals surface area contributed by atoms with E-state index in [0.29, 0.717) is 17.5 Å². The van der Waals surface area contributed by atoms with E-state index in [1.54, 1.807) is 0 Å². The summed E-state index contributed by atoms with van der Waals surface area (Å²) in [5, 5.41) is 11.1. The summed E-state index contributed by atoms with van der Waals surface area (Å²) in [6, 6.07) is 174. The fraction of sp³-hybridized carbons (Fsp3) is 0.0157. The zero-order chi connectivity index (χ0) is 88.4. The Morgan fingerprint density at radius 1 is 0.194 bits per heavy atom. The number of aromatic nitrogens is 6. The van der Waals surface area contributed by atoms with E-state index < -0.39 is 10.8 Å². The van der Waals surface area contributed by atoms with Crippen molar-refractivity contribution in [1.82, 2.24) is 29.5 Å². The first kappa shape index (κ1) is 77.5. The minimum Gasteiger partial charge on any atom is -0.457 e. The summed E-state index contributed by atoms with van der Waals surface area (Å²) in [5.74, 6) is 4.74. The van der Waals surface area contributed by atoms with Gasteiger partial charge in [0.1, 0.15) is 17.3 Å². The molecule has 0 saturated heterocycles. The quantitative estimate of drug-likeness (QED) is 0.134. The van der Waals surface area contributed by atoms with Crippen molar-refractivity contribution in [3.63, 3.8) is 0 Å². The van der Waals surface area contributed by atoms with E-state index in [9.17, 15) is 0 Å². The van der Waals surface area contributed by atoms with Gasteiger partial charge >= 0.3 is 0 Å². The topological polar surface area (TPSA) is 78.6 Å². The van der Waals surface area contributed by atoms with Crippen LogP contribution in [0.15, 0.2) is 485 Å². The number of fused-ring (bicyclic) bond motifs is 25. The molecule has 3 aromatic heterocycles. The van der Waals surface area contributed by atoms with Gasteiger partial charge in [0.15, 0.2) is 17.5 Å².